The van der Waals surface area contributed by atoms with Crippen LogP contribution in [0.3, 0.4) is 0 Å². The van der Waals surface area contributed by atoms with E-state index in [0.717, 1.165) is 10.4 Å². The van der Waals surface area contributed by atoms with E-state index in [1.54, 1.807) is 6.07 Å². The zero-order chi connectivity index (χ0) is 17.4. The predicted molar refractivity (Wildman–Crippen MR) is 101 cm³/mol. The van der Waals surface area contributed by atoms with Crippen LogP contribution in [0.15, 0.2) is 48.5 Å². The van der Waals surface area contributed by atoms with Gasteiger partial charge in [-0.2, -0.15) is 0 Å². The molecule has 4 rings (SSSR count). The minimum Gasteiger partial charge on any atom is -0.206 e. The summed E-state index contributed by atoms with van der Waals surface area (Å²) in [5, 5.41) is 0. The lowest BCUT2D eigenvalue weighted by molar-refractivity contribution is 0.591. The van der Waals surface area contributed by atoms with Gasteiger partial charge < -0.3 is 0 Å². The number of halogens is 2. The maximum atomic E-state index is 14.6. The van der Waals surface area contributed by atoms with E-state index in [-0.39, 0.29) is 5.56 Å². The zero-order valence-electron chi connectivity index (χ0n) is 14.2. The van der Waals surface area contributed by atoms with Crippen molar-refractivity contribution < 1.29 is 8.78 Å². The smallest absolute Gasteiger partial charge is 0.135 e. The first-order valence-corrected chi connectivity index (χ1v) is 9.59. The van der Waals surface area contributed by atoms with E-state index in [2.05, 4.69) is 12.1 Å². The maximum Gasteiger partial charge on any atom is 0.135 e. The van der Waals surface area contributed by atoms with Crippen molar-refractivity contribution in [1.29, 1.82) is 0 Å². The fourth-order valence-corrected chi connectivity index (χ4v) is 4.67. The minimum atomic E-state index is -0.503. The molecule has 2 aromatic carbocycles. The summed E-state index contributed by atoms with van der Waals surface area (Å²) in [5.41, 5.74) is 2.86. The van der Waals surface area contributed by atoms with Crippen LogP contribution in [0.25, 0.3) is 21.6 Å². The molecule has 1 aliphatic rings. The van der Waals surface area contributed by atoms with Crippen LogP contribution in [0.1, 0.15) is 42.0 Å². The summed E-state index contributed by atoms with van der Waals surface area (Å²) >= 11 is 1.41. The largest absolute Gasteiger partial charge is 0.206 e. The molecular weight excluding hydrogens is 334 g/mol. The van der Waals surface area contributed by atoms with Gasteiger partial charge in [-0.25, -0.2) is 8.78 Å². The van der Waals surface area contributed by atoms with Crippen LogP contribution < -0.4 is 0 Å². The Hall–Kier alpha value is -2.00. The molecule has 25 heavy (non-hydrogen) atoms. The Kier molecular flexibility index (Phi) is 4.43. The first-order chi connectivity index (χ1) is 12.1. The lowest BCUT2D eigenvalue weighted by atomic mass is 9.94. The van der Waals surface area contributed by atoms with Crippen molar-refractivity contribution in [2.24, 2.45) is 0 Å². The Balaban J connectivity index is 1.67. The van der Waals surface area contributed by atoms with Crippen molar-refractivity contribution in [3.05, 3.63) is 70.6 Å². The molecule has 0 unspecified atom stereocenters. The second-order valence-corrected chi connectivity index (χ2v) is 8.12. The van der Waals surface area contributed by atoms with E-state index >= 15 is 0 Å². The average molecular weight is 354 g/mol. The van der Waals surface area contributed by atoms with Gasteiger partial charge in [-0.3, -0.25) is 0 Å². The molecule has 0 nitrogen and oxygen atoms in total. The van der Waals surface area contributed by atoms with Crippen LogP contribution >= 0.6 is 11.3 Å². The number of hydrogen-bond donors (Lipinski definition) is 0. The molecule has 0 atom stereocenters. The normalized spacial score (nSPS) is 15.0. The van der Waals surface area contributed by atoms with E-state index in [9.17, 15) is 8.78 Å². The highest BCUT2D eigenvalue weighted by molar-refractivity contribution is 7.15. The van der Waals surface area contributed by atoms with E-state index in [4.69, 9.17) is 0 Å². The van der Waals surface area contributed by atoms with Crippen molar-refractivity contribution >= 4 is 11.3 Å². The van der Waals surface area contributed by atoms with Crippen LogP contribution in [0, 0.1) is 18.6 Å². The molecule has 1 heterocycles. The molecule has 0 N–H and O–H groups in total. The zero-order valence-corrected chi connectivity index (χ0v) is 15.0. The van der Waals surface area contributed by atoms with Crippen molar-refractivity contribution in [2.45, 2.75) is 38.5 Å². The Morgan fingerprint density at radius 1 is 0.840 bits per heavy atom. The molecule has 1 saturated carbocycles. The number of aryl methyl sites for hydroxylation is 1. The summed E-state index contributed by atoms with van der Waals surface area (Å²) in [7, 11) is 0. The van der Waals surface area contributed by atoms with E-state index in [0.29, 0.717) is 16.4 Å². The molecule has 0 saturated heterocycles. The topological polar surface area (TPSA) is 0 Å². The fourth-order valence-electron chi connectivity index (χ4n) is 3.75. The third-order valence-electron chi connectivity index (χ3n) is 5.10. The van der Waals surface area contributed by atoms with Crippen LogP contribution in [0.5, 0.6) is 0 Å². The van der Waals surface area contributed by atoms with Crippen molar-refractivity contribution in [2.75, 3.05) is 0 Å². The Bertz CT molecular complexity index is 864. The van der Waals surface area contributed by atoms with Crippen molar-refractivity contribution in [3.63, 3.8) is 0 Å². The predicted octanol–water partition coefficient (Wildman–Crippen LogP) is 7.33. The third kappa shape index (κ3) is 3.25. The number of benzene rings is 2. The van der Waals surface area contributed by atoms with Gasteiger partial charge in [-0.05, 0) is 66.6 Å². The van der Waals surface area contributed by atoms with Gasteiger partial charge in [-0.1, -0.05) is 37.1 Å². The molecule has 128 valence electrons. The molecule has 0 amide bonds. The summed E-state index contributed by atoms with van der Waals surface area (Å²) in [6.45, 7) is 1.93. The number of hydrogen-bond acceptors (Lipinski definition) is 1. The summed E-state index contributed by atoms with van der Waals surface area (Å²) < 4.78 is 29.2. The van der Waals surface area contributed by atoms with E-state index < -0.39 is 11.6 Å². The van der Waals surface area contributed by atoms with Crippen molar-refractivity contribution in [3.8, 4) is 21.6 Å². The summed E-state index contributed by atoms with van der Waals surface area (Å²) in [5.74, 6) is -0.361. The van der Waals surface area contributed by atoms with Gasteiger partial charge in [-0.15, -0.1) is 11.3 Å². The third-order valence-corrected chi connectivity index (χ3v) is 6.12. The SMILES string of the molecule is Cc1ccc(-c2c(F)cc(-c3ccc(C4CCCC4)cc3)cc2F)s1. The molecule has 1 aliphatic carbocycles. The van der Waals surface area contributed by atoms with Gasteiger partial charge in [0.1, 0.15) is 11.6 Å². The lowest BCUT2D eigenvalue weighted by Crippen LogP contribution is -1.93. The monoisotopic (exact) mass is 354 g/mol. The van der Waals surface area contributed by atoms with Crippen LogP contribution in [-0.4, -0.2) is 0 Å². The molecule has 1 aromatic heterocycles. The fraction of sp³-hybridized carbons (Fsp3) is 0.273. The van der Waals surface area contributed by atoms with Crippen molar-refractivity contribution in [1.82, 2.24) is 0 Å². The molecule has 0 spiro atoms. The molecule has 3 heteroatoms. The van der Waals surface area contributed by atoms with Gasteiger partial charge >= 0.3 is 0 Å². The van der Waals surface area contributed by atoms with Gasteiger partial charge in [0.05, 0.1) is 5.56 Å². The first kappa shape index (κ1) is 16.5. The highest BCUT2D eigenvalue weighted by atomic mass is 32.1. The quantitative estimate of drug-likeness (QED) is 0.462. The van der Waals surface area contributed by atoms with E-state index in [1.165, 1.54) is 54.7 Å². The maximum absolute atomic E-state index is 14.6. The lowest BCUT2D eigenvalue weighted by Gasteiger charge is -2.11. The Morgan fingerprint density at radius 3 is 2.04 bits per heavy atom. The average Bonchev–Trinajstić information content (AvgIpc) is 3.26. The van der Waals surface area contributed by atoms with Gasteiger partial charge in [0.25, 0.3) is 0 Å². The van der Waals surface area contributed by atoms with Gasteiger partial charge in [0.2, 0.25) is 0 Å². The minimum absolute atomic E-state index is 0.0735. The van der Waals surface area contributed by atoms with E-state index in [1.807, 2.05) is 25.1 Å². The number of thiophene rings is 1. The summed E-state index contributed by atoms with van der Waals surface area (Å²) in [6.07, 6.45) is 5.09. The highest BCUT2D eigenvalue weighted by Crippen LogP contribution is 2.37. The van der Waals surface area contributed by atoms with Crippen LogP contribution in [0.4, 0.5) is 8.78 Å². The Morgan fingerprint density at radius 2 is 1.48 bits per heavy atom. The molecule has 1 fully saturated rings. The molecular formula is C22H20F2S. The molecule has 0 radical (unpaired) electrons. The second-order valence-electron chi connectivity index (χ2n) is 6.83. The first-order valence-electron chi connectivity index (χ1n) is 8.78. The molecule has 0 aliphatic heterocycles. The molecule has 0 bridgehead atoms. The Labute approximate surface area is 151 Å². The standard InChI is InChI=1S/C22H20F2S/c1-14-6-11-21(25-14)22-19(23)12-18(13-20(22)24)17-9-7-16(8-10-17)15-4-2-3-5-15/h6-13,15H,2-5H2,1H3. The second kappa shape index (κ2) is 6.72. The van der Waals surface area contributed by atoms with Gasteiger partial charge in [0.15, 0.2) is 0 Å². The van der Waals surface area contributed by atoms with Crippen LogP contribution in [-0.2, 0) is 0 Å². The summed E-state index contributed by atoms with van der Waals surface area (Å²) in [4.78, 5) is 1.68. The van der Waals surface area contributed by atoms with Gasteiger partial charge in [0, 0.05) is 9.75 Å². The number of rotatable bonds is 3. The summed E-state index contributed by atoms with van der Waals surface area (Å²) in [6, 6.07) is 14.7. The van der Waals surface area contributed by atoms with Crippen LogP contribution in [0.2, 0.25) is 0 Å². The molecule has 3 aromatic rings. The highest BCUT2D eigenvalue weighted by Gasteiger charge is 2.18.